The first kappa shape index (κ1) is 19.1. The molecule has 3 rings (SSSR count). The molecule has 1 aliphatic heterocycles. The van der Waals surface area contributed by atoms with Crippen molar-refractivity contribution in [3.05, 3.63) is 23.3 Å². The second-order valence-corrected chi connectivity index (χ2v) is 8.48. The molecule has 1 fully saturated rings. The van der Waals surface area contributed by atoms with Crippen LogP contribution in [-0.4, -0.2) is 39.7 Å². The van der Waals surface area contributed by atoms with Gasteiger partial charge in [0.1, 0.15) is 0 Å². The van der Waals surface area contributed by atoms with E-state index in [4.69, 9.17) is 4.74 Å². The van der Waals surface area contributed by atoms with Crippen molar-refractivity contribution in [2.24, 2.45) is 22.7 Å². The largest absolute Gasteiger partial charge is 0.478 e. The van der Waals surface area contributed by atoms with Crippen LogP contribution in [0, 0.1) is 22.7 Å². The summed E-state index contributed by atoms with van der Waals surface area (Å²) in [5.74, 6) is -1.25. The van der Waals surface area contributed by atoms with Crippen LogP contribution < -0.4 is 0 Å². The van der Waals surface area contributed by atoms with E-state index >= 15 is 0 Å². The topological polar surface area (TPSA) is 104 Å². The average Bonchev–Trinajstić information content (AvgIpc) is 2.88. The van der Waals surface area contributed by atoms with Crippen molar-refractivity contribution in [3.8, 4) is 0 Å². The Morgan fingerprint density at radius 1 is 1.35 bits per heavy atom. The van der Waals surface area contributed by atoms with E-state index in [-0.39, 0.29) is 17.3 Å². The summed E-state index contributed by atoms with van der Waals surface area (Å²) in [5, 5.41) is 30.0. The van der Waals surface area contributed by atoms with Gasteiger partial charge in [0.2, 0.25) is 6.29 Å². The molecule has 0 amide bonds. The smallest absolute Gasteiger partial charge is 0.336 e. The molecule has 144 valence electrons. The summed E-state index contributed by atoms with van der Waals surface area (Å²) in [6, 6.07) is 0. The van der Waals surface area contributed by atoms with Gasteiger partial charge in [0.25, 0.3) is 0 Å². The summed E-state index contributed by atoms with van der Waals surface area (Å²) in [7, 11) is 0. The molecule has 26 heavy (non-hydrogen) atoms. The summed E-state index contributed by atoms with van der Waals surface area (Å²) in [5.41, 5.74) is -0.231. The first-order valence-corrected chi connectivity index (χ1v) is 9.32. The Balaban J connectivity index is 1.91. The van der Waals surface area contributed by atoms with E-state index in [0.29, 0.717) is 36.8 Å². The van der Waals surface area contributed by atoms with Crippen LogP contribution in [0.15, 0.2) is 23.3 Å². The highest BCUT2D eigenvalue weighted by atomic mass is 16.6. The summed E-state index contributed by atoms with van der Waals surface area (Å²) in [6.45, 7) is 6.12. The lowest BCUT2D eigenvalue weighted by atomic mass is 9.45. The molecule has 6 atom stereocenters. The van der Waals surface area contributed by atoms with E-state index in [0.717, 1.165) is 6.42 Å². The number of hydrogen-bond donors (Lipinski definition) is 3. The van der Waals surface area contributed by atoms with Gasteiger partial charge in [-0.05, 0) is 55.4 Å². The van der Waals surface area contributed by atoms with E-state index in [1.165, 1.54) is 6.08 Å². The number of cyclic esters (lactones) is 1. The zero-order chi connectivity index (χ0) is 19.3. The molecule has 1 heterocycles. The highest BCUT2D eigenvalue weighted by molar-refractivity contribution is 5.90. The fourth-order valence-corrected chi connectivity index (χ4v) is 5.51. The SMILES string of the molecule is CC1CC(O)C2(C)C(C(=O)O)=CCCC2C1(C)CCC1=CC(O)OC1=O. The van der Waals surface area contributed by atoms with Gasteiger partial charge in [-0.3, -0.25) is 0 Å². The fourth-order valence-electron chi connectivity index (χ4n) is 5.51. The van der Waals surface area contributed by atoms with Gasteiger partial charge in [-0.15, -0.1) is 0 Å². The van der Waals surface area contributed by atoms with Gasteiger partial charge in [0.05, 0.1) is 6.10 Å². The van der Waals surface area contributed by atoms with E-state index < -0.39 is 29.7 Å². The van der Waals surface area contributed by atoms with Crippen LogP contribution in [0.5, 0.6) is 0 Å². The third-order valence-corrected chi connectivity index (χ3v) is 7.30. The predicted octanol–water partition coefficient (Wildman–Crippen LogP) is 2.40. The molecule has 0 spiro atoms. The number of carbonyl (C=O) groups excluding carboxylic acids is 1. The number of ether oxygens (including phenoxy) is 1. The Hall–Kier alpha value is -1.66. The van der Waals surface area contributed by atoms with E-state index in [1.54, 1.807) is 6.08 Å². The lowest BCUT2D eigenvalue weighted by Crippen LogP contribution is -2.57. The van der Waals surface area contributed by atoms with Crippen molar-refractivity contribution in [2.75, 3.05) is 0 Å². The zero-order valence-corrected chi connectivity index (χ0v) is 15.6. The molecule has 3 N–H and O–H groups in total. The molecule has 1 saturated carbocycles. The van der Waals surface area contributed by atoms with Gasteiger partial charge in [-0.25, -0.2) is 9.59 Å². The summed E-state index contributed by atoms with van der Waals surface area (Å²) in [6.07, 6.45) is 4.51. The number of esters is 1. The van der Waals surface area contributed by atoms with Crippen LogP contribution in [0.25, 0.3) is 0 Å². The first-order chi connectivity index (χ1) is 12.1. The average molecular weight is 364 g/mol. The molecule has 0 radical (unpaired) electrons. The van der Waals surface area contributed by atoms with Crippen molar-refractivity contribution in [2.45, 2.75) is 65.3 Å². The number of aliphatic hydroxyl groups excluding tert-OH is 2. The second-order valence-electron chi connectivity index (χ2n) is 8.48. The number of carboxylic acids is 1. The van der Waals surface area contributed by atoms with Crippen molar-refractivity contribution >= 4 is 11.9 Å². The number of aliphatic carboxylic acids is 1. The van der Waals surface area contributed by atoms with E-state index in [9.17, 15) is 24.9 Å². The van der Waals surface area contributed by atoms with Gasteiger partial charge < -0.3 is 20.1 Å². The van der Waals surface area contributed by atoms with Gasteiger partial charge >= 0.3 is 11.9 Å². The quantitative estimate of drug-likeness (QED) is 0.662. The van der Waals surface area contributed by atoms with E-state index in [2.05, 4.69) is 13.8 Å². The monoisotopic (exact) mass is 364 g/mol. The molecule has 6 nitrogen and oxygen atoms in total. The summed E-state index contributed by atoms with van der Waals surface area (Å²) < 4.78 is 4.76. The van der Waals surface area contributed by atoms with Crippen LogP contribution in [0.3, 0.4) is 0 Å². The van der Waals surface area contributed by atoms with Gasteiger partial charge in [-0.2, -0.15) is 0 Å². The maximum absolute atomic E-state index is 11.8. The third-order valence-electron chi connectivity index (χ3n) is 7.30. The third kappa shape index (κ3) is 2.79. The Labute approximate surface area is 153 Å². The molecular formula is C20H28O6. The minimum atomic E-state index is -1.17. The number of carbonyl (C=O) groups is 2. The number of rotatable bonds is 4. The fraction of sp³-hybridized carbons (Fsp3) is 0.700. The first-order valence-electron chi connectivity index (χ1n) is 9.32. The van der Waals surface area contributed by atoms with Gasteiger partial charge in [0, 0.05) is 16.6 Å². The molecule has 0 aromatic rings. The predicted molar refractivity (Wildman–Crippen MR) is 93.9 cm³/mol. The Morgan fingerprint density at radius 2 is 2.04 bits per heavy atom. The maximum Gasteiger partial charge on any atom is 0.336 e. The van der Waals surface area contributed by atoms with Gasteiger partial charge in [-0.1, -0.05) is 26.8 Å². The van der Waals surface area contributed by atoms with Crippen molar-refractivity contribution in [1.29, 1.82) is 0 Å². The normalized spacial score (nSPS) is 42.6. The lowest BCUT2D eigenvalue weighted by Gasteiger charge is -2.59. The van der Waals surface area contributed by atoms with Crippen LogP contribution in [0.2, 0.25) is 0 Å². The van der Waals surface area contributed by atoms with Crippen LogP contribution in [-0.2, 0) is 14.3 Å². The Kier molecular flexibility index (Phi) is 4.78. The Morgan fingerprint density at radius 3 is 2.62 bits per heavy atom. The highest BCUT2D eigenvalue weighted by Crippen LogP contribution is 2.62. The van der Waals surface area contributed by atoms with Crippen LogP contribution >= 0.6 is 0 Å². The molecule has 0 saturated heterocycles. The maximum atomic E-state index is 11.8. The summed E-state index contributed by atoms with van der Waals surface area (Å²) >= 11 is 0. The number of aliphatic hydroxyl groups is 2. The van der Waals surface area contributed by atoms with Crippen LogP contribution in [0.4, 0.5) is 0 Å². The molecule has 6 heteroatoms. The molecule has 0 aromatic heterocycles. The standard InChI is InChI=1S/C20H28O6/c1-11-9-15(21)20(3)13(17(23)24)5-4-6-14(20)19(11,2)8-7-12-10-16(22)26-18(12)25/h5,10-11,14-16,21-22H,4,6-9H2,1-3H3,(H,23,24). The second kappa shape index (κ2) is 6.50. The van der Waals surface area contributed by atoms with Gasteiger partial charge in [0.15, 0.2) is 0 Å². The van der Waals surface area contributed by atoms with Crippen molar-refractivity contribution in [3.63, 3.8) is 0 Å². The highest BCUT2D eigenvalue weighted by Gasteiger charge is 2.59. The van der Waals surface area contributed by atoms with Crippen molar-refractivity contribution in [1.82, 2.24) is 0 Å². The summed E-state index contributed by atoms with van der Waals surface area (Å²) in [4.78, 5) is 23.6. The molecule has 0 bridgehead atoms. The number of allylic oxidation sites excluding steroid dienone is 1. The van der Waals surface area contributed by atoms with Crippen LogP contribution in [0.1, 0.15) is 52.9 Å². The van der Waals surface area contributed by atoms with E-state index in [1.807, 2.05) is 6.92 Å². The molecular weight excluding hydrogens is 336 g/mol. The minimum absolute atomic E-state index is 0.00722. The Bertz CT molecular complexity index is 680. The molecule has 6 unspecified atom stereocenters. The molecule has 2 aliphatic carbocycles. The van der Waals surface area contributed by atoms with Crippen molar-refractivity contribution < 1.29 is 29.6 Å². The zero-order valence-electron chi connectivity index (χ0n) is 15.6. The molecule has 0 aromatic carbocycles. The lowest BCUT2D eigenvalue weighted by molar-refractivity contribution is -0.151. The number of fused-ring (bicyclic) bond motifs is 1. The minimum Gasteiger partial charge on any atom is -0.478 e. The molecule has 3 aliphatic rings. The number of hydrogen-bond acceptors (Lipinski definition) is 5. The number of carboxylic acid groups (broad SMARTS) is 1.